The highest BCUT2D eigenvalue weighted by Gasteiger charge is 2.26. The lowest BCUT2D eigenvalue weighted by atomic mass is 10.1. The van der Waals surface area contributed by atoms with Gasteiger partial charge in [0.25, 0.3) is 0 Å². The smallest absolute Gasteiger partial charge is 0.318 e. The minimum Gasteiger partial charge on any atom is -0.397 e. The Morgan fingerprint density at radius 3 is 2.29 bits per heavy atom. The van der Waals surface area contributed by atoms with Gasteiger partial charge in [-0.1, -0.05) is 79.6 Å². The number of hydrogen-bond donors (Lipinski definition) is 3. The summed E-state index contributed by atoms with van der Waals surface area (Å²) in [5.41, 5.74) is 10.0. The number of urea groups is 1. The van der Waals surface area contributed by atoms with E-state index in [1.165, 1.54) is 6.08 Å². The van der Waals surface area contributed by atoms with Crippen LogP contribution in [0.25, 0.3) is 6.08 Å². The van der Waals surface area contributed by atoms with Gasteiger partial charge >= 0.3 is 6.03 Å². The summed E-state index contributed by atoms with van der Waals surface area (Å²) in [6.45, 7) is 1.08. The molecule has 0 aromatic heterocycles. The van der Waals surface area contributed by atoms with Crippen molar-refractivity contribution in [1.29, 1.82) is 0 Å². The molecule has 35 heavy (non-hydrogen) atoms. The molecule has 4 rings (SSSR count). The molecule has 0 radical (unpaired) electrons. The molecule has 6 nitrogen and oxygen atoms in total. The lowest BCUT2D eigenvalue weighted by molar-refractivity contribution is -0.111. The minimum atomic E-state index is -0.241. The summed E-state index contributed by atoms with van der Waals surface area (Å²) in [5, 5.41) is 5.87. The molecule has 1 aliphatic rings. The van der Waals surface area contributed by atoms with E-state index in [0.29, 0.717) is 24.5 Å². The standard InChI is InChI=1S/C29H32N4O2/c30-26-12-6-7-13-27(26)32-28(34)19-18-22-14-16-24(17-15-22)21-33(25-10-4-5-11-25)29(35)31-20-23-8-2-1-3-9-23/h1-3,6-9,12-19,25H,4-5,10-11,20-21,30H2,(H,31,35)(H,32,34). The number of nitrogens with two attached hydrogens (primary N) is 1. The van der Waals surface area contributed by atoms with E-state index in [4.69, 9.17) is 5.73 Å². The number of nitrogens with zero attached hydrogens (tertiary/aromatic N) is 1. The number of para-hydroxylation sites is 2. The third-order valence-corrected chi connectivity index (χ3v) is 6.29. The van der Waals surface area contributed by atoms with E-state index >= 15 is 0 Å². The lowest BCUT2D eigenvalue weighted by Gasteiger charge is -2.29. The second-order valence-electron chi connectivity index (χ2n) is 8.86. The molecule has 0 saturated heterocycles. The van der Waals surface area contributed by atoms with Gasteiger partial charge in [-0.3, -0.25) is 4.79 Å². The molecule has 4 N–H and O–H groups in total. The van der Waals surface area contributed by atoms with Crippen molar-refractivity contribution >= 4 is 29.4 Å². The monoisotopic (exact) mass is 468 g/mol. The van der Waals surface area contributed by atoms with Crippen LogP contribution in [0, 0.1) is 0 Å². The van der Waals surface area contributed by atoms with E-state index in [1.54, 1.807) is 18.2 Å². The predicted octanol–water partition coefficient (Wildman–Crippen LogP) is 5.58. The first kappa shape index (κ1) is 24.1. The van der Waals surface area contributed by atoms with Crippen LogP contribution in [-0.2, 0) is 17.9 Å². The van der Waals surface area contributed by atoms with E-state index < -0.39 is 0 Å². The molecule has 0 aliphatic heterocycles. The minimum absolute atomic E-state index is 0.0263. The van der Waals surface area contributed by atoms with E-state index in [1.807, 2.05) is 71.6 Å². The maximum Gasteiger partial charge on any atom is 0.318 e. The van der Waals surface area contributed by atoms with Crippen molar-refractivity contribution in [1.82, 2.24) is 10.2 Å². The fraction of sp³-hybridized carbons (Fsp3) is 0.241. The van der Waals surface area contributed by atoms with Gasteiger partial charge in [0.2, 0.25) is 5.91 Å². The Hall–Kier alpha value is -4.06. The molecule has 0 heterocycles. The van der Waals surface area contributed by atoms with Gasteiger partial charge in [-0.25, -0.2) is 4.79 Å². The maximum atomic E-state index is 13.1. The maximum absolute atomic E-state index is 13.1. The number of rotatable bonds is 8. The summed E-state index contributed by atoms with van der Waals surface area (Å²) < 4.78 is 0. The van der Waals surface area contributed by atoms with Gasteiger partial charge in [0.05, 0.1) is 11.4 Å². The molecule has 6 heteroatoms. The zero-order valence-electron chi connectivity index (χ0n) is 19.8. The molecule has 3 amide bonds. The quantitative estimate of drug-likeness (QED) is 0.298. The number of anilines is 2. The number of nitrogens with one attached hydrogen (secondary N) is 2. The van der Waals surface area contributed by atoms with Crippen LogP contribution in [0.2, 0.25) is 0 Å². The molecule has 1 saturated carbocycles. The van der Waals surface area contributed by atoms with Crippen molar-refractivity contribution in [2.45, 2.75) is 44.8 Å². The zero-order valence-corrected chi connectivity index (χ0v) is 19.8. The van der Waals surface area contributed by atoms with Crippen LogP contribution >= 0.6 is 0 Å². The first-order valence-corrected chi connectivity index (χ1v) is 12.1. The molecule has 3 aromatic rings. The Morgan fingerprint density at radius 1 is 0.886 bits per heavy atom. The molecule has 0 bridgehead atoms. The summed E-state index contributed by atoms with van der Waals surface area (Å²) in [6, 6.07) is 25.3. The van der Waals surface area contributed by atoms with Crippen LogP contribution in [0.5, 0.6) is 0 Å². The van der Waals surface area contributed by atoms with E-state index in [9.17, 15) is 9.59 Å². The first-order valence-electron chi connectivity index (χ1n) is 12.1. The molecular weight excluding hydrogens is 436 g/mol. The second kappa shape index (κ2) is 11.9. The van der Waals surface area contributed by atoms with Crippen molar-refractivity contribution in [3.8, 4) is 0 Å². The number of benzene rings is 3. The Bertz CT molecular complexity index is 1150. The molecular formula is C29H32N4O2. The zero-order chi connectivity index (χ0) is 24.5. The van der Waals surface area contributed by atoms with E-state index in [0.717, 1.165) is 42.4 Å². The molecule has 0 unspecified atom stereocenters. The van der Waals surface area contributed by atoms with Crippen molar-refractivity contribution < 1.29 is 9.59 Å². The van der Waals surface area contributed by atoms with Crippen molar-refractivity contribution in [2.24, 2.45) is 0 Å². The fourth-order valence-corrected chi connectivity index (χ4v) is 4.35. The molecule has 3 aromatic carbocycles. The normalized spacial score (nSPS) is 13.6. The predicted molar refractivity (Wildman–Crippen MR) is 141 cm³/mol. The van der Waals surface area contributed by atoms with Gasteiger partial charge in [0.1, 0.15) is 0 Å². The SMILES string of the molecule is Nc1ccccc1NC(=O)C=Cc1ccc(CN(C(=O)NCc2ccccc2)C2CCCC2)cc1. The number of carbonyl (C=O) groups is 2. The summed E-state index contributed by atoms with van der Waals surface area (Å²) in [5.74, 6) is -0.241. The van der Waals surface area contributed by atoms with Gasteiger partial charge in [0, 0.05) is 25.2 Å². The second-order valence-corrected chi connectivity index (χ2v) is 8.86. The first-order chi connectivity index (χ1) is 17.1. The number of amides is 3. The molecule has 1 aliphatic carbocycles. The lowest BCUT2D eigenvalue weighted by Crippen LogP contribution is -2.44. The Balaban J connectivity index is 1.36. The Kier molecular flexibility index (Phi) is 8.17. The third kappa shape index (κ3) is 6.96. The third-order valence-electron chi connectivity index (χ3n) is 6.29. The van der Waals surface area contributed by atoms with Crippen LogP contribution < -0.4 is 16.4 Å². The van der Waals surface area contributed by atoms with Gasteiger partial charge in [-0.2, -0.15) is 0 Å². The van der Waals surface area contributed by atoms with Crippen LogP contribution in [0.1, 0.15) is 42.4 Å². The summed E-state index contributed by atoms with van der Waals surface area (Å²) in [4.78, 5) is 27.3. The van der Waals surface area contributed by atoms with E-state index in [2.05, 4.69) is 10.6 Å². The summed E-state index contributed by atoms with van der Waals surface area (Å²) >= 11 is 0. The average molecular weight is 469 g/mol. The van der Waals surface area contributed by atoms with Crippen molar-refractivity contribution in [3.63, 3.8) is 0 Å². The molecule has 1 fully saturated rings. The van der Waals surface area contributed by atoms with Gasteiger partial charge < -0.3 is 21.3 Å². The summed E-state index contributed by atoms with van der Waals surface area (Å²) in [7, 11) is 0. The van der Waals surface area contributed by atoms with Crippen LogP contribution in [-0.4, -0.2) is 22.9 Å². The van der Waals surface area contributed by atoms with Gasteiger partial charge in [-0.15, -0.1) is 0 Å². The van der Waals surface area contributed by atoms with Gasteiger partial charge in [-0.05, 0) is 47.7 Å². The largest absolute Gasteiger partial charge is 0.397 e. The topological polar surface area (TPSA) is 87.5 Å². The van der Waals surface area contributed by atoms with Crippen LogP contribution in [0.3, 0.4) is 0 Å². The average Bonchev–Trinajstić information content (AvgIpc) is 3.42. The number of hydrogen-bond acceptors (Lipinski definition) is 3. The van der Waals surface area contributed by atoms with Crippen molar-refractivity contribution in [2.75, 3.05) is 11.1 Å². The fourth-order valence-electron chi connectivity index (χ4n) is 4.35. The van der Waals surface area contributed by atoms with Gasteiger partial charge in [0.15, 0.2) is 0 Å². The van der Waals surface area contributed by atoms with Crippen molar-refractivity contribution in [3.05, 3.63) is 102 Å². The van der Waals surface area contributed by atoms with Crippen LogP contribution in [0.4, 0.5) is 16.2 Å². The highest BCUT2D eigenvalue weighted by atomic mass is 16.2. The Labute approximate surface area is 206 Å². The summed E-state index contributed by atoms with van der Waals surface area (Å²) in [6.07, 6.45) is 7.66. The number of nitrogen functional groups attached to an aromatic ring is 1. The Morgan fingerprint density at radius 2 is 1.57 bits per heavy atom. The number of carbonyl (C=O) groups excluding carboxylic acids is 2. The highest BCUT2D eigenvalue weighted by molar-refractivity contribution is 6.03. The highest BCUT2D eigenvalue weighted by Crippen LogP contribution is 2.25. The molecule has 180 valence electrons. The molecule has 0 spiro atoms. The van der Waals surface area contributed by atoms with Crippen LogP contribution in [0.15, 0.2) is 84.9 Å². The van der Waals surface area contributed by atoms with E-state index in [-0.39, 0.29) is 18.0 Å². The molecule has 0 atom stereocenters.